The largest absolute Gasteiger partial charge is 0.317 e. The number of thiazole rings is 1. The van der Waals surface area contributed by atoms with Gasteiger partial charge in [-0.3, -0.25) is 0 Å². The summed E-state index contributed by atoms with van der Waals surface area (Å²) in [5, 5.41) is 4.71. The van der Waals surface area contributed by atoms with Gasteiger partial charge in [0, 0.05) is 17.3 Å². The number of nitrogens with one attached hydrogen (secondary N) is 1. The van der Waals surface area contributed by atoms with Gasteiger partial charge in [0.1, 0.15) is 0 Å². The molecule has 0 saturated heterocycles. The molecule has 0 aliphatic heterocycles. The van der Waals surface area contributed by atoms with E-state index < -0.39 is 0 Å². The lowest BCUT2D eigenvalue weighted by Gasteiger charge is -2.14. The highest BCUT2D eigenvalue weighted by Crippen LogP contribution is 2.19. The van der Waals surface area contributed by atoms with Gasteiger partial charge in [0.05, 0.1) is 10.7 Å². The first-order valence-corrected chi connectivity index (χ1v) is 7.59. The van der Waals surface area contributed by atoms with Gasteiger partial charge in [-0.15, -0.1) is 11.3 Å². The van der Waals surface area contributed by atoms with Crippen LogP contribution in [0, 0.1) is 13.8 Å². The molecular formula is C14H26N2S. The molecule has 1 unspecified atom stereocenters. The van der Waals surface area contributed by atoms with E-state index in [1.54, 1.807) is 0 Å². The normalized spacial score (nSPS) is 12.9. The second-order valence-electron chi connectivity index (χ2n) is 4.79. The third-order valence-corrected chi connectivity index (χ3v) is 4.40. The maximum Gasteiger partial charge on any atom is 0.0946 e. The van der Waals surface area contributed by atoms with Crippen molar-refractivity contribution in [2.24, 2.45) is 0 Å². The average Bonchev–Trinajstić information content (AvgIpc) is 2.62. The van der Waals surface area contributed by atoms with E-state index >= 15 is 0 Å². The van der Waals surface area contributed by atoms with Crippen molar-refractivity contribution in [3.8, 4) is 0 Å². The molecule has 17 heavy (non-hydrogen) atoms. The number of aryl methyl sites for hydroxylation is 2. The molecule has 0 bridgehead atoms. The van der Waals surface area contributed by atoms with Crippen LogP contribution in [0.5, 0.6) is 0 Å². The second kappa shape index (κ2) is 7.83. The summed E-state index contributed by atoms with van der Waals surface area (Å²) >= 11 is 1.85. The first-order chi connectivity index (χ1) is 8.17. The van der Waals surface area contributed by atoms with Crippen LogP contribution in [0.25, 0.3) is 0 Å². The Bertz CT molecular complexity index is 301. The van der Waals surface area contributed by atoms with Crippen LogP contribution in [0.15, 0.2) is 0 Å². The lowest BCUT2D eigenvalue weighted by molar-refractivity contribution is 0.484. The monoisotopic (exact) mass is 254 g/mol. The number of aromatic nitrogens is 1. The highest BCUT2D eigenvalue weighted by molar-refractivity contribution is 7.11. The topological polar surface area (TPSA) is 24.9 Å². The highest BCUT2D eigenvalue weighted by atomic mass is 32.1. The summed E-state index contributed by atoms with van der Waals surface area (Å²) in [5.74, 6) is 0. The van der Waals surface area contributed by atoms with Gasteiger partial charge in [0.15, 0.2) is 0 Å². The Kier molecular flexibility index (Phi) is 6.75. The second-order valence-corrected chi connectivity index (χ2v) is 6.08. The Hall–Kier alpha value is -0.410. The number of hydrogen-bond acceptors (Lipinski definition) is 3. The fourth-order valence-electron chi connectivity index (χ4n) is 2.00. The molecule has 3 heteroatoms. The zero-order valence-corrected chi connectivity index (χ0v) is 12.5. The van der Waals surface area contributed by atoms with E-state index in [0.717, 1.165) is 6.42 Å². The van der Waals surface area contributed by atoms with E-state index in [4.69, 9.17) is 0 Å². The lowest BCUT2D eigenvalue weighted by atomic mass is 10.1. The minimum atomic E-state index is 0.594. The number of nitrogens with zero attached hydrogens (tertiary/aromatic N) is 1. The Labute approximate surface area is 110 Å². The molecule has 1 heterocycles. The maximum atomic E-state index is 4.62. The van der Waals surface area contributed by atoms with Gasteiger partial charge in [-0.1, -0.05) is 32.6 Å². The van der Waals surface area contributed by atoms with E-state index in [9.17, 15) is 0 Å². The number of hydrogen-bond donors (Lipinski definition) is 1. The van der Waals surface area contributed by atoms with Crippen molar-refractivity contribution in [1.29, 1.82) is 0 Å². The van der Waals surface area contributed by atoms with Gasteiger partial charge in [-0.05, 0) is 27.3 Å². The molecule has 0 aliphatic carbocycles. The molecule has 1 rings (SSSR count). The zero-order chi connectivity index (χ0) is 12.7. The Morgan fingerprint density at radius 3 is 2.53 bits per heavy atom. The molecule has 1 N–H and O–H groups in total. The third-order valence-electron chi connectivity index (χ3n) is 3.31. The van der Waals surface area contributed by atoms with E-state index in [2.05, 4.69) is 38.1 Å². The minimum Gasteiger partial charge on any atom is -0.317 e. The highest BCUT2D eigenvalue weighted by Gasteiger charge is 2.11. The van der Waals surface area contributed by atoms with Crippen molar-refractivity contribution in [1.82, 2.24) is 10.3 Å². The van der Waals surface area contributed by atoms with Gasteiger partial charge >= 0.3 is 0 Å². The molecule has 1 aromatic heterocycles. The minimum absolute atomic E-state index is 0.594. The van der Waals surface area contributed by atoms with Crippen molar-refractivity contribution >= 4 is 11.3 Å². The zero-order valence-electron chi connectivity index (χ0n) is 11.7. The molecule has 0 saturated carbocycles. The van der Waals surface area contributed by atoms with Crippen molar-refractivity contribution in [2.75, 3.05) is 7.05 Å². The van der Waals surface area contributed by atoms with Crippen molar-refractivity contribution in [3.05, 3.63) is 15.6 Å². The predicted molar refractivity (Wildman–Crippen MR) is 76.9 cm³/mol. The maximum absolute atomic E-state index is 4.62. The summed E-state index contributed by atoms with van der Waals surface area (Å²) in [7, 11) is 2.07. The van der Waals surface area contributed by atoms with Gasteiger partial charge in [-0.2, -0.15) is 0 Å². The SMILES string of the molecule is CCCCCCC(Cc1nc(C)c(C)s1)NC. The molecule has 0 fully saturated rings. The van der Waals surface area contributed by atoms with E-state index in [-0.39, 0.29) is 0 Å². The quantitative estimate of drug-likeness (QED) is 0.713. The van der Waals surface area contributed by atoms with Crippen LogP contribution in [0.3, 0.4) is 0 Å². The molecule has 2 nitrogen and oxygen atoms in total. The average molecular weight is 254 g/mol. The summed E-state index contributed by atoms with van der Waals surface area (Å²) in [6.45, 7) is 6.52. The summed E-state index contributed by atoms with van der Waals surface area (Å²) in [4.78, 5) is 5.98. The fraction of sp³-hybridized carbons (Fsp3) is 0.786. The summed E-state index contributed by atoms with van der Waals surface area (Å²) in [6.07, 6.45) is 7.74. The summed E-state index contributed by atoms with van der Waals surface area (Å²) in [6, 6.07) is 0.594. The molecule has 1 atom stereocenters. The van der Waals surface area contributed by atoms with Crippen LogP contribution < -0.4 is 5.32 Å². The van der Waals surface area contributed by atoms with Crippen LogP contribution in [0.4, 0.5) is 0 Å². The summed E-state index contributed by atoms with van der Waals surface area (Å²) in [5.41, 5.74) is 1.20. The van der Waals surface area contributed by atoms with Gasteiger partial charge in [0.2, 0.25) is 0 Å². The predicted octanol–water partition coefficient (Wildman–Crippen LogP) is 3.86. The molecule has 0 aliphatic rings. The van der Waals surface area contributed by atoms with E-state index in [0.29, 0.717) is 6.04 Å². The Morgan fingerprint density at radius 1 is 1.24 bits per heavy atom. The Morgan fingerprint density at radius 2 is 2.00 bits per heavy atom. The van der Waals surface area contributed by atoms with Crippen molar-refractivity contribution in [3.63, 3.8) is 0 Å². The molecule has 0 aromatic carbocycles. The first-order valence-electron chi connectivity index (χ1n) is 6.77. The molecule has 0 amide bonds. The van der Waals surface area contributed by atoms with Gasteiger partial charge in [0.25, 0.3) is 0 Å². The third kappa shape index (κ3) is 5.17. The number of likely N-dealkylation sites (N-methyl/N-ethyl adjacent to an activating group) is 1. The van der Waals surface area contributed by atoms with Crippen LogP contribution in [-0.4, -0.2) is 18.1 Å². The van der Waals surface area contributed by atoms with Crippen molar-refractivity contribution in [2.45, 2.75) is 65.3 Å². The fourth-order valence-corrected chi connectivity index (χ4v) is 3.02. The molecule has 0 spiro atoms. The van der Waals surface area contributed by atoms with E-state index in [1.807, 2.05) is 11.3 Å². The molecule has 1 aromatic rings. The summed E-state index contributed by atoms with van der Waals surface area (Å²) < 4.78 is 0. The standard InChI is InChI=1S/C14H26N2S/c1-5-6-7-8-9-13(15-4)10-14-16-11(2)12(3)17-14/h13,15H,5-10H2,1-4H3. The lowest BCUT2D eigenvalue weighted by Crippen LogP contribution is -2.27. The Balaban J connectivity index is 2.35. The van der Waals surface area contributed by atoms with Crippen LogP contribution >= 0.6 is 11.3 Å². The molecular weight excluding hydrogens is 228 g/mol. The van der Waals surface area contributed by atoms with Crippen LogP contribution in [0.1, 0.15) is 54.6 Å². The number of rotatable bonds is 8. The van der Waals surface area contributed by atoms with Crippen LogP contribution in [0.2, 0.25) is 0 Å². The first kappa shape index (κ1) is 14.7. The van der Waals surface area contributed by atoms with E-state index in [1.165, 1.54) is 47.7 Å². The van der Waals surface area contributed by atoms with Gasteiger partial charge < -0.3 is 5.32 Å². The molecule has 0 radical (unpaired) electrons. The smallest absolute Gasteiger partial charge is 0.0946 e. The van der Waals surface area contributed by atoms with Gasteiger partial charge in [-0.25, -0.2) is 4.98 Å². The van der Waals surface area contributed by atoms with Crippen LogP contribution in [-0.2, 0) is 6.42 Å². The molecule has 98 valence electrons. The van der Waals surface area contributed by atoms with Crippen molar-refractivity contribution < 1.29 is 0 Å². The number of unbranched alkanes of at least 4 members (excludes halogenated alkanes) is 3.